The number of hydrogen-bond donors (Lipinski definition) is 0. The minimum absolute atomic E-state index is 0.142. The third-order valence-electron chi connectivity index (χ3n) is 3.00. The quantitative estimate of drug-likeness (QED) is 0.639. The number of carbonyl (C=O) groups excluding carboxylic acids is 1. The average molecular weight is 239 g/mol. The second kappa shape index (κ2) is 8.29. The molecule has 0 aromatic heterocycles. The van der Waals surface area contributed by atoms with Crippen LogP contribution in [0, 0.1) is 0 Å². The van der Waals surface area contributed by atoms with E-state index in [0.717, 1.165) is 45.2 Å². The summed E-state index contributed by atoms with van der Waals surface area (Å²) in [5.41, 5.74) is 0. The zero-order chi connectivity index (χ0) is 12.5. The Morgan fingerprint density at radius 2 is 2.00 bits per heavy atom. The Hall–Kier alpha value is -0.830. The van der Waals surface area contributed by atoms with Gasteiger partial charge in [-0.05, 0) is 32.1 Å². The molecule has 0 radical (unpaired) electrons. The van der Waals surface area contributed by atoms with E-state index < -0.39 is 0 Å². The van der Waals surface area contributed by atoms with Crippen LogP contribution in [0.15, 0.2) is 12.2 Å². The monoisotopic (exact) mass is 239 g/mol. The summed E-state index contributed by atoms with van der Waals surface area (Å²) in [7, 11) is 0. The molecule has 17 heavy (non-hydrogen) atoms. The van der Waals surface area contributed by atoms with Gasteiger partial charge in [0, 0.05) is 13.1 Å². The Kier molecular flexibility index (Phi) is 6.94. The van der Waals surface area contributed by atoms with Gasteiger partial charge in [-0.2, -0.15) is 0 Å². The van der Waals surface area contributed by atoms with E-state index in [0.29, 0.717) is 0 Å². The normalized spacial score (nSPS) is 19.3. The van der Waals surface area contributed by atoms with E-state index in [1.165, 1.54) is 0 Å². The zero-order valence-corrected chi connectivity index (χ0v) is 11.2. The lowest BCUT2D eigenvalue weighted by Crippen LogP contribution is -2.36. The lowest BCUT2D eigenvalue weighted by atomic mass is 10.1. The van der Waals surface area contributed by atoms with E-state index in [1.807, 2.05) is 4.90 Å². The molecule has 1 aliphatic carbocycles. The predicted molar refractivity (Wildman–Crippen MR) is 69.9 cm³/mol. The van der Waals surface area contributed by atoms with Crippen molar-refractivity contribution in [2.45, 2.75) is 52.1 Å². The first-order valence-corrected chi connectivity index (χ1v) is 6.82. The highest BCUT2D eigenvalue weighted by molar-refractivity contribution is 5.77. The first-order chi connectivity index (χ1) is 8.27. The van der Waals surface area contributed by atoms with Crippen LogP contribution in [0.3, 0.4) is 0 Å². The second-order valence-corrected chi connectivity index (χ2v) is 4.60. The molecular formula is C14H25NO2. The summed E-state index contributed by atoms with van der Waals surface area (Å²) in [5, 5.41) is 0. The van der Waals surface area contributed by atoms with Gasteiger partial charge in [0.2, 0.25) is 5.91 Å². The number of ether oxygens (including phenoxy) is 1. The van der Waals surface area contributed by atoms with Gasteiger partial charge in [0.25, 0.3) is 0 Å². The summed E-state index contributed by atoms with van der Waals surface area (Å²) >= 11 is 0. The number of hydrogen-bond acceptors (Lipinski definition) is 2. The molecule has 1 unspecified atom stereocenters. The van der Waals surface area contributed by atoms with Crippen molar-refractivity contribution >= 4 is 5.91 Å². The Morgan fingerprint density at radius 1 is 1.29 bits per heavy atom. The van der Waals surface area contributed by atoms with Crippen LogP contribution in [0.25, 0.3) is 0 Å². The fraction of sp³-hybridized carbons (Fsp3) is 0.786. The minimum Gasteiger partial charge on any atom is -0.368 e. The van der Waals surface area contributed by atoms with Crippen molar-refractivity contribution < 1.29 is 9.53 Å². The van der Waals surface area contributed by atoms with E-state index in [-0.39, 0.29) is 18.6 Å². The summed E-state index contributed by atoms with van der Waals surface area (Å²) in [4.78, 5) is 13.9. The molecule has 1 aliphatic rings. The molecule has 0 N–H and O–H groups in total. The summed E-state index contributed by atoms with van der Waals surface area (Å²) in [6.45, 7) is 6.14. The first kappa shape index (κ1) is 14.2. The maximum atomic E-state index is 11.9. The van der Waals surface area contributed by atoms with Gasteiger partial charge in [-0.1, -0.05) is 26.0 Å². The van der Waals surface area contributed by atoms with E-state index in [4.69, 9.17) is 4.74 Å². The van der Waals surface area contributed by atoms with Crippen molar-refractivity contribution in [2.75, 3.05) is 19.7 Å². The van der Waals surface area contributed by atoms with E-state index >= 15 is 0 Å². The number of nitrogens with zero attached hydrogens (tertiary/aromatic N) is 1. The van der Waals surface area contributed by atoms with Crippen molar-refractivity contribution in [3.63, 3.8) is 0 Å². The fourth-order valence-electron chi connectivity index (χ4n) is 2.10. The third kappa shape index (κ3) is 5.35. The molecule has 0 aliphatic heterocycles. The van der Waals surface area contributed by atoms with Crippen LogP contribution in [-0.2, 0) is 9.53 Å². The maximum Gasteiger partial charge on any atom is 0.248 e. The molecule has 98 valence electrons. The summed E-state index contributed by atoms with van der Waals surface area (Å²) < 4.78 is 5.68. The van der Waals surface area contributed by atoms with Crippen molar-refractivity contribution in [2.24, 2.45) is 0 Å². The average Bonchev–Trinajstić information content (AvgIpc) is 2.37. The number of amides is 1. The standard InChI is InChI=1S/C14H25NO2/c1-3-10-15(11-4-2)14(16)12-17-13-8-6-5-7-9-13/h5-6,13H,3-4,7-12H2,1-2H3. The Balaban J connectivity index is 2.27. The van der Waals surface area contributed by atoms with Crippen LogP contribution in [0.4, 0.5) is 0 Å². The molecule has 0 bridgehead atoms. The highest BCUT2D eigenvalue weighted by Gasteiger charge is 2.15. The van der Waals surface area contributed by atoms with Gasteiger partial charge in [0.15, 0.2) is 0 Å². The number of rotatable bonds is 7. The smallest absolute Gasteiger partial charge is 0.248 e. The predicted octanol–water partition coefficient (Wildman–Crippen LogP) is 2.76. The van der Waals surface area contributed by atoms with Gasteiger partial charge in [0.1, 0.15) is 6.61 Å². The Morgan fingerprint density at radius 3 is 2.53 bits per heavy atom. The first-order valence-electron chi connectivity index (χ1n) is 6.82. The van der Waals surface area contributed by atoms with Crippen molar-refractivity contribution in [3.05, 3.63) is 12.2 Å². The van der Waals surface area contributed by atoms with Gasteiger partial charge in [-0.25, -0.2) is 0 Å². The third-order valence-corrected chi connectivity index (χ3v) is 3.00. The largest absolute Gasteiger partial charge is 0.368 e. The lowest BCUT2D eigenvalue weighted by molar-refractivity contribution is -0.138. The molecule has 0 aromatic rings. The van der Waals surface area contributed by atoms with Crippen molar-refractivity contribution in [1.29, 1.82) is 0 Å². The van der Waals surface area contributed by atoms with E-state index in [9.17, 15) is 4.79 Å². The van der Waals surface area contributed by atoms with Gasteiger partial charge in [-0.15, -0.1) is 0 Å². The van der Waals surface area contributed by atoms with Gasteiger partial charge in [0.05, 0.1) is 6.10 Å². The van der Waals surface area contributed by atoms with Crippen LogP contribution in [0.1, 0.15) is 46.0 Å². The van der Waals surface area contributed by atoms with Crippen molar-refractivity contribution in [3.8, 4) is 0 Å². The summed E-state index contributed by atoms with van der Waals surface area (Å²) in [6, 6.07) is 0. The van der Waals surface area contributed by atoms with Crippen LogP contribution < -0.4 is 0 Å². The Bertz CT molecular complexity index is 245. The Labute approximate surface area is 105 Å². The van der Waals surface area contributed by atoms with Gasteiger partial charge < -0.3 is 9.64 Å². The SMILES string of the molecule is CCCN(CCC)C(=O)COC1CC=CCC1. The van der Waals surface area contributed by atoms with E-state index in [1.54, 1.807) is 0 Å². The van der Waals surface area contributed by atoms with Crippen molar-refractivity contribution in [1.82, 2.24) is 4.90 Å². The molecule has 0 saturated heterocycles. The van der Waals surface area contributed by atoms with Gasteiger partial charge in [-0.3, -0.25) is 4.79 Å². The molecular weight excluding hydrogens is 214 g/mol. The van der Waals surface area contributed by atoms with Crippen LogP contribution >= 0.6 is 0 Å². The number of carbonyl (C=O) groups is 1. The van der Waals surface area contributed by atoms with Crippen LogP contribution in [0.5, 0.6) is 0 Å². The highest BCUT2D eigenvalue weighted by Crippen LogP contribution is 2.14. The fourth-order valence-corrected chi connectivity index (χ4v) is 2.10. The second-order valence-electron chi connectivity index (χ2n) is 4.60. The molecule has 3 nitrogen and oxygen atoms in total. The lowest BCUT2D eigenvalue weighted by Gasteiger charge is -2.24. The summed E-state index contributed by atoms with van der Waals surface area (Å²) in [6.07, 6.45) is 9.67. The minimum atomic E-state index is 0.142. The molecule has 3 heteroatoms. The number of allylic oxidation sites excluding steroid dienone is 1. The molecule has 0 aromatic carbocycles. The molecule has 1 amide bonds. The topological polar surface area (TPSA) is 29.5 Å². The molecule has 1 rings (SSSR count). The summed E-state index contributed by atoms with van der Waals surface area (Å²) in [5.74, 6) is 0.142. The molecule has 0 fully saturated rings. The van der Waals surface area contributed by atoms with E-state index in [2.05, 4.69) is 26.0 Å². The van der Waals surface area contributed by atoms with Crippen LogP contribution in [-0.4, -0.2) is 36.6 Å². The molecule has 0 heterocycles. The zero-order valence-electron chi connectivity index (χ0n) is 11.2. The van der Waals surface area contributed by atoms with Crippen LogP contribution in [0.2, 0.25) is 0 Å². The highest BCUT2D eigenvalue weighted by atomic mass is 16.5. The van der Waals surface area contributed by atoms with Gasteiger partial charge >= 0.3 is 0 Å². The molecule has 0 saturated carbocycles. The maximum absolute atomic E-state index is 11.9. The molecule has 0 spiro atoms. The molecule has 1 atom stereocenters.